The summed E-state index contributed by atoms with van der Waals surface area (Å²) in [6.07, 6.45) is -4.44. The van der Waals surface area contributed by atoms with Crippen LogP contribution in [0.3, 0.4) is 0 Å². The lowest BCUT2D eigenvalue weighted by Gasteiger charge is -2.21. The Hall–Kier alpha value is -2.58. The third-order valence-electron chi connectivity index (χ3n) is 4.20. The Balaban J connectivity index is 1.91. The van der Waals surface area contributed by atoms with E-state index >= 15 is 0 Å². The normalized spacial score (nSPS) is 13.5. The zero-order chi connectivity index (χ0) is 20.9. The van der Waals surface area contributed by atoms with Crippen LogP contribution in [0.4, 0.5) is 24.5 Å². The molecule has 9 heteroatoms. The van der Waals surface area contributed by atoms with Gasteiger partial charge >= 0.3 is 6.18 Å². The van der Waals surface area contributed by atoms with Crippen LogP contribution in [-0.2, 0) is 15.8 Å². The zero-order valence-corrected chi connectivity index (χ0v) is 16.0. The van der Waals surface area contributed by atoms with E-state index in [1.165, 1.54) is 12.1 Å². The largest absolute Gasteiger partial charge is 0.416 e. The predicted molar refractivity (Wildman–Crippen MR) is 101 cm³/mol. The van der Waals surface area contributed by atoms with Crippen LogP contribution >= 0.6 is 11.6 Å². The molecule has 0 saturated heterocycles. The van der Waals surface area contributed by atoms with Crippen LogP contribution in [0.1, 0.15) is 12.5 Å². The number of anilines is 2. The molecule has 1 unspecified atom stereocenters. The van der Waals surface area contributed by atoms with Crippen LogP contribution in [-0.4, -0.2) is 31.4 Å². The van der Waals surface area contributed by atoms with E-state index < -0.39 is 23.7 Å². The lowest BCUT2D eigenvalue weighted by Crippen LogP contribution is -3.14. The van der Waals surface area contributed by atoms with E-state index in [2.05, 4.69) is 10.6 Å². The summed E-state index contributed by atoms with van der Waals surface area (Å²) >= 11 is 5.99. The molecule has 2 rings (SSSR count). The van der Waals surface area contributed by atoms with Gasteiger partial charge < -0.3 is 15.5 Å². The zero-order valence-electron chi connectivity index (χ0n) is 15.2. The average molecular weight is 415 g/mol. The highest BCUT2D eigenvalue weighted by Crippen LogP contribution is 2.29. The Kier molecular flexibility index (Phi) is 7.04. The summed E-state index contributed by atoms with van der Waals surface area (Å²) in [7, 11) is 1.67. The third-order valence-corrected chi connectivity index (χ3v) is 4.53. The number of hydrogen-bond acceptors (Lipinski definition) is 2. The van der Waals surface area contributed by atoms with Crippen LogP contribution in [0.5, 0.6) is 0 Å². The summed E-state index contributed by atoms with van der Waals surface area (Å²) in [5.41, 5.74) is -0.0699. The molecule has 0 saturated carbocycles. The maximum Gasteiger partial charge on any atom is 0.416 e. The molecule has 0 fully saturated rings. The van der Waals surface area contributed by atoms with Gasteiger partial charge in [-0.2, -0.15) is 13.2 Å². The number of carbonyl (C=O) groups excluding carboxylic acids is 2. The van der Waals surface area contributed by atoms with Crippen molar-refractivity contribution in [1.82, 2.24) is 0 Å². The van der Waals surface area contributed by atoms with Gasteiger partial charge in [0.25, 0.3) is 11.8 Å². The highest BCUT2D eigenvalue weighted by atomic mass is 35.5. The van der Waals surface area contributed by atoms with Gasteiger partial charge in [0, 0.05) is 5.69 Å². The molecule has 28 heavy (non-hydrogen) atoms. The van der Waals surface area contributed by atoms with Gasteiger partial charge in [0.2, 0.25) is 0 Å². The Morgan fingerprint density at radius 3 is 2.25 bits per heavy atom. The van der Waals surface area contributed by atoms with Gasteiger partial charge in [-0.05, 0) is 43.3 Å². The second-order valence-corrected chi connectivity index (χ2v) is 6.74. The summed E-state index contributed by atoms with van der Waals surface area (Å²) < 4.78 is 37.7. The van der Waals surface area contributed by atoms with E-state index in [4.69, 9.17) is 11.6 Å². The molecule has 2 atom stereocenters. The number of rotatable bonds is 6. The van der Waals surface area contributed by atoms with Crippen molar-refractivity contribution in [2.75, 3.05) is 24.2 Å². The first-order valence-corrected chi connectivity index (χ1v) is 8.80. The molecule has 0 radical (unpaired) electrons. The van der Waals surface area contributed by atoms with Crippen molar-refractivity contribution in [1.29, 1.82) is 0 Å². The molecule has 2 amide bonds. The monoisotopic (exact) mass is 414 g/mol. The fraction of sp³-hybridized carbons (Fsp3) is 0.263. The van der Waals surface area contributed by atoms with Crippen LogP contribution in [0.15, 0.2) is 48.5 Å². The minimum absolute atomic E-state index is 0.00677. The molecule has 0 aromatic heterocycles. The topological polar surface area (TPSA) is 62.6 Å². The fourth-order valence-corrected chi connectivity index (χ4v) is 2.56. The molecule has 0 aliphatic heterocycles. The number of amides is 2. The highest BCUT2D eigenvalue weighted by Gasteiger charge is 2.30. The minimum atomic E-state index is -4.44. The van der Waals surface area contributed by atoms with Crippen molar-refractivity contribution in [2.45, 2.75) is 19.1 Å². The third kappa shape index (κ3) is 5.97. The first kappa shape index (κ1) is 21.7. The molecule has 0 spiro atoms. The fourth-order valence-electron chi connectivity index (χ4n) is 2.38. The number of halogens is 4. The molecule has 2 aromatic rings. The number of hydrogen-bond donors (Lipinski definition) is 3. The number of para-hydroxylation sites is 1. The molecule has 0 bridgehead atoms. The van der Waals surface area contributed by atoms with Crippen molar-refractivity contribution in [3.63, 3.8) is 0 Å². The maximum absolute atomic E-state index is 12.6. The van der Waals surface area contributed by atoms with Crippen molar-refractivity contribution < 1.29 is 27.7 Å². The highest BCUT2D eigenvalue weighted by molar-refractivity contribution is 6.33. The van der Waals surface area contributed by atoms with E-state index in [0.29, 0.717) is 15.6 Å². The molecular weight excluding hydrogens is 395 g/mol. The standard InChI is InChI=1S/C19H19ClF3N3O2/c1-12(18(28)24-14-9-7-13(8-10-14)19(21,22)23)26(2)11-17(27)25-16-6-4-3-5-15(16)20/h3-10,12H,11H2,1-2H3,(H,24,28)(H,25,27)/p+1/t12-/m0/s1. The summed E-state index contributed by atoms with van der Waals surface area (Å²) in [5.74, 6) is -0.734. The molecule has 5 nitrogen and oxygen atoms in total. The smallest absolute Gasteiger partial charge is 0.321 e. The maximum atomic E-state index is 12.6. The van der Waals surface area contributed by atoms with E-state index in [9.17, 15) is 22.8 Å². The van der Waals surface area contributed by atoms with Crippen molar-refractivity contribution in [3.05, 3.63) is 59.1 Å². The second-order valence-electron chi connectivity index (χ2n) is 6.34. The van der Waals surface area contributed by atoms with Crippen molar-refractivity contribution >= 4 is 34.8 Å². The predicted octanol–water partition coefficient (Wildman–Crippen LogP) is 2.84. The molecule has 0 aliphatic carbocycles. The summed E-state index contributed by atoms with van der Waals surface area (Å²) in [5, 5.41) is 5.63. The number of benzene rings is 2. The van der Waals surface area contributed by atoms with Crippen LogP contribution in [0, 0.1) is 0 Å². The average Bonchev–Trinajstić information content (AvgIpc) is 2.62. The van der Waals surface area contributed by atoms with Gasteiger partial charge in [-0.15, -0.1) is 0 Å². The molecule has 2 aromatic carbocycles. The van der Waals surface area contributed by atoms with Gasteiger partial charge in [0.1, 0.15) is 0 Å². The lowest BCUT2D eigenvalue weighted by atomic mass is 10.2. The molecule has 150 valence electrons. The molecule has 0 heterocycles. The number of carbonyl (C=O) groups is 2. The van der Waals surface area contributed by atoms with E-state index in [1.54, 1.807) is 38.2 Å². The minimum Gasteiger partial charge on any atom is -0.321 e. The summed E-state index contributed by atoms with van der Waals surface area (Å²) in [6.45, 7) is 1.63. The van der Waals surface area contributed by atoms with Gasteiger partial charge in [0.05, 0.1) is 23.3 Å². The first-order valence-electron chi connectivity index (χ1n) is 8.42. The SMILES string of the molecule is C[C@@H](C(=O)Nc1ccc(C(F)(F)F)cc1)[NH+](C)CC(=O)Nc1ccccc1Cl. The Morgan fingerprint density at radius 1 is 1.07 bits per heavy atom. The number of likely N-dealkylation sites (N-methyl/N-ethyl adjacent to an activating group) is 1. The quantitative estimate of drug-likeness (QED) is 0.680. The van der Waals surface area contributed by atoms with Gasteiger partial charge in [0.15, 0.2) is 12.6 Å². The van der Waals surface area contributed by atoms with E-state index in [-0.39, 0.29) is 18.1 Å². The molecule has 0 aliphatic rings. The first-order chi connectivity index (χ1) is 13.1. The lowest BCUT2D eigenvalue weighted by molar-refractivity contribution is -0.885. The van der Waals surface area contributed by atoms with Crippen LogP contribution < -0.4 is 15.5 Å². The summed E-state index contributed by atoms with van der Waals surface area (Å²) in [6, 6.07) is 10.3. The second kappa shape index (κ2) is 9.07. The number of alkyl halides is 3. The van der Waals surface area contributed by atoms with Crippen LogP contribution in [0.25, 0.3) is 0 Å². The van der Waals surface area contributed by atoms with Gasteiger partial charge in [-0.1, -0.05) is 23.7 Å². The van der Waals surface area contributed by atoms with Gasteiger partial charge in [-0.25, -0.2) is 0 Å². The molecule has 3 N–H and O–H groups in total. The van der Waals surface area contributed by atoms with Crippen molar-refractivity contribution in [3.8, 4) is 0 Å². The Labute approximate surface area is 165 Å². The Morgan fingerprint density at radius 2 is 1.68 bits per heavy atom. The van der Waals surface area contributed by atoms with E-state index in [1.807, 2.05) is 0 Å². The van der Waals surface area contributed by atoms with Crippen molar-refractivity contribution in [2.24, 2.45) is 0 Å². The van der Waals surface area contributed by atoms with E-state index in [0.717, 1.165) is 12.1 Å². The molecular formula is C19H20ClF3N3O2+. The van der Waals surface area contributed by atoms with Gasteiger partial charge in [-0.3, -0.25) is 9.59 Å². The van der Waals surface area contributed by atoms with Crippen LogP contribution in [0.2, 0.25) is 5.02 Å². The number of quaternary nitrogens is 1. The Bertz CT molecular complexity index is 841. The number of nitrogens with one attached hydrogen (secondary N) is 3. The summed E-state index contributed by atoms with van der Waals surface area (Å²) in [4.78, 5) is 25.1.